The van der Waals surface area contributed by atoms with Gasteiger partial charge in [0.05, 0.1) is 10.6 Å². The summed E-state index contributed by atoms with van der Waals surface area (Å²) in [7, 11) is 0. The van der Waals surface area contributed by atoms with Crippen molar-refractivity contribution in [3.8, 4) is 0 Å². The molecule has 18 heavy (non-hydrogen) atoms. The highest BCUT2D eigenvalue weighted by Gasteiger charge is 2.23. The largest absolute Gasteiger partial charge is 0.353 e. The average molecular weight is 285 g/mol. The van der Waals surface area contributed by atoms with E-state index in [9.17, 15) is 9.59 Å². The molecule has 0 atom stereocenters. The topological polar surface area (TPSA) is 84.2 Å². The number of carbonyl (C=O) groups excluding carboxylic acids is 2. The molecule has 1 aromatic rings. The summed E-state index contributed by atoms with van der Waals surface area (Å²) in [6.45, 7) is 0. The van der Waals surface area contributed by atoms with Gasteiger partial charge in [0.25, 0.3) is 5.91 Å². The van der Waals surface area contributed by atoms with Gasteiger partial charge in [0, 0.05) is 11.8 Å². The number of hydrogen-bond acceptors (Lipinski definition) is 5. The van der Waals surface area contributed by atoms with E-state index >= 15 is 0 Å². The van der Waals surface area contributed by atoms with Crippen molar-refractivity contribution in [2.45, 2.75) is 24.6 Å². The molecule has 2 rings (SSSR count). The highest BCUT2D eigenvalue weighted by Crippen LogP contribution is 2.22. The summed E-state index contributed by atoms with van der Waals surface area (Å²) >= 11 is 2.86. The van der Waals surface area contributed by atoms with Gasteiger partial charge in [-0.3, -0.25) is 15.0 Å². The Morgan fingerprint density at radius 2 is 2.28 bits per heavy atom. The number of rotatable bonds is 6. The lowest BCUT2D eigenvalue weighted by molar-refractivity contribution is -0.118. The van der Waals surface area contributed by atoms with Gasteiger partial charge in [-0.15, -0.1) is 23.1 Å². The average Bonchev–Trinajstić information content (AvgIpc) is 3.04. The molecular formula is C11H15N3O2S2. The number of hydrazine groups is 1. The van der Waals surface area contributed by atoms with E-state index < -0.39 is 0 Å². The van der Waals surface area contributed by atoms with Crippen LogP contribution in [0, 0.1) is 0 Å². The smallest absolute Gasteiger partial charge is 0.275 e. The first-order valence-electron chi connectivity index (χ1n) is 5.65. The van der Waals surface area contributed by atoms with E-state index in [0.29, 0.717) is 22.4 Å². The fourth-order valence-corrected chi connectivity index (χ4v) is 3.21. The zero-order chi connectivity index (χ0) is 13.0. The van der Waals surface area contributed by atoms with Gasteiger partial charge >= 0.3 is 0 Å². The number of thioether (sulfide) groups is 1. The molecule has 5 nitrogen and oxygen atoms in total. The summed E-state index contributed by atoms with van der Waals surface area (Å²) in [5.74, 6) is 5.97. The molecule has 0 bridgehead atoms. The van der Waals surface area contributed by atoms with Crippen LogP contribution >= 0.6 is 23.1 Å². The summed E-state index contributed by atoms with van der Waals surface area (Å²) in [6.07, 6.45) is 2.20. The van der Waals surface area contributed by atoms with Crippen LogP contribution in [-0.2, 0) is 10.5 Å². The normalized spacial score (nSPS) is 14.3. The van der Waals surface area contributed by atoms with E-state index in [4.69, 9.17) is 5.84 Å². The molecule has 0 radical (unpaired) electrons. The number of hydrogen-bond donors (Lipinski definition) is 3. The number of amides is 2. The van der Waals surface area contributed by atoms with E-state index in [2.05, 4.69) is 10.7 Å². The van der Waals surface area contributed by atoms with Crippen LogP contribution < -0.4 is 16.6 Å². The van der Waals surface area contributed by atoms with Gasteiger partial charge in [0.1, 0.15) is 0 Å². The minimum atomic E-state index is -0.275. The Morgan fingerprint density at radius 3 is 2.94 bits per heavy atom. The second-order valence-electron chi connectivity index (χ2n) is 4.08. The quantitative estimate of drug-likeness (QED) is 0.411. The first-order chi connectivity index (χ1) is 8.70. The number of carbonyl (C=O) groups is 2. The molecule has 0 aliphatic heterocycles. The summed E-state index contributed by atoms with van der Waals surface area (Å²) in [6, 6.07) is 2.29. The van der Waals surface area contributed by atoms with Crippen molar-refractivity contribution >= 4 is 34.9 Å². The summed E-state index contributed by atoms with van der Waals surface area (Å²) < 4.78 is 0. The van der Waals surface area contributed by atoms with Crippen LogP contribution in [0.2, 0.25) is 0 Å². The Labute approximate surface area is 113 Å². The molecule has 1 fully saturated rings. The van der Waals surface area contributed by atoms with Crippen molar-refractivity contribution in [2.75, 3.05) is 5.75 Å². The molecule has 2 amide bonds. The zero-order valence-electron chi connectivity index (χ0n) is 9.77. The predicted molar refractivity (Wildman–Crippen MR) is 73.3 cm³/mol. The minimum Gasteiger partial charge on any atom is -0.353 e. The van der Waals surface area contributed by atoms with Gasteiger partial charge in [-0.25, -0.2) is 5.84 Å². The van der Waals surface area contributed by atoms with E-state index in [-0.39, 0.29) is 11.8 Å². The van der Waals surface area contributed by atoms with Crippen LogP contribution in [0.15, 0.2) is 11.4 Å². The first-order valence-corrected chi connectivity index (χ1v) is 7.68. The highest BCUT2D eigenvalue weighted by atomic mass is 32.2. The van der Waals surface area contributed by atoms with Gasteiger partial charge in [0.2, 0.25) is 5.91 Å². The summed E-state index contributed by atoms with van der Waals surface area (Å²) in [5.41, 5.74) is 3.05. The monoisotopic (exact) mass is 285 g/mol. The maximum Gasteiger partial charge on any atom is 0.275 e. The van der Waals surface area contributed by atoms with E-state index in [1.165, 1.54) is 23.1 Å². The SMILES string of the molecule is NNC(=O)c1sccc1CSCC(=O)NC1CC1. The summed E-state index contributed by atoms with van der Waals surface area (Å²) in [5, 5.41) is 4.78. The van der Waals surface area contributed by atoms with Crippen molar-refractivity contribution in [2.24, 2.45) is 5.84 Å². The second kappa shape index (κ2) is 6.21. The van der Waals surface area contributed by atoms with Crippen molar-refractivity contribution in [3.63, 3.8) is 0 Å². The van der Waals surface area contributed by atoms with Crippen molar-refractivity contribution in [1.82, 2.24) is 10.7 Å². The van der Waals surface area contributed by atoms with Gasteiger partial charge < -0.3 is 5.32 Å². The van der Waals surface area contributed by atoms with Crippen LogP contribution in [0.3, 0.4) is 0 Å². The van der Waals surface area contributed by atoms with E-state index in [1.54, 1.807) is 0 Å². The van der Waals surface area contributed by atoms with Crippen molar-refractivity contribution < 1.29 is 9.59 Å². The van der Waals surface area contributed by atoms with Gasteiger partial charge in [-0.1, -0.05) is 0 Å². The number of thiophene rings is 1. The Bertz CT molecular complexity index is 443. The number of nitrogens with two attached hydrogens (primary N) is 1. The third-order valence-electron chi connectivity index (χ3n) is 2.52. The molecule has 4 N–H and O–H groups in total. The maximum atomic E-state index is 11.5. The second-order valence-corrected chi connectivity index (χ2v) is 5.98. The Balaban J connectivity index is 1.77. The standard InChI is InChI=1S/C11H15N3O2S2/c12-14-11(16)10-7(3-4-18-10)5-17-6-9(15)13-8-1-2-8/h3-4,8H,1-2,5-6,12H2,(H,13,15)(H,14,16). The zero-order valence-corrected chi connectivity index (χ0v) is 11.4. The van der Waals surface area contributed by atoms with Gasteiger partial charge in [-0.2, -0.15) is 0 Å². The lowest BCUT2D eigenvalue weighted by Gasteiger charge is -2.04. The molecule has 1 aliphatic rings. The predicted octanol–water partition coefficient (Wildman–Crippen LogP) is 0.863. The van der Waals surface area contributed by atoms with Crippen LogP contribution in [0.4, 0.5) is 0 Å². The molecule has 0 saturated heterocycles. The molecule has 0 unspecified atom stereocenters. The van der Waals surface area contributed by atoms with E-state index in [1.807, 2.05) is 11.4 Å². The highest BCUT2D eigenvalue weighted by molar-refractivity contribution is 7.99. The molecule has 1 saturated carbocycles. The van der Waals surface area contributed by atoms with Crippen LogP contribution in [-0.4, -0.2) is 23.6 Å². The fourth-order valence-electron chi connectivity index (χ4n) is 1.46. The molecule has 98 valence electrons. The van der Waals surface area contributed by atoms with Gasteiger partial charge in [-0.05, 0) is 29.9 Å². The first kappa shape index (κ1) is 13.4. The Kier molecular flexibility index (Phi) is 4.62. The lowest BCUT2D eigenvalue weighted by atomic mass is 10.3. The van der Waals surface area contributed by atoms with E-state index in [0.717, 1.165) is 18.4 Å². The third-order valence-corrected chi connectivity index (χ3v) is 4.45. The maximum absolute atomic E-state index is 11.5. The van der Waals surface area contributed by atoms with Crippen LogP contribution in [0.1, 0.15) is 28.1 Å². The molecule has 1 aromatic heterocycles. The lowest BCUT2D eigenvalue weighted by Crippen LogP contribution is -2.30. The Morgan fingerprint density at radius 1 is 1.50 bits per heavy atom. The molecule has 7 heteroatoms. The molecule has 1 aliphatic carbocycles. The third kappa shape index (κ3) is 3.72. The number of nitrogen functional groups attached to an aromatic ring is 1. The number of nitrogens with one attached hydrogen (secondary N) is 2. The molecule has 0 aromatic carbocycles. The summed E-state index contributed by atoms with van der Waals surface area (Å²) in [4.78, 5) is 23.5. The molecular weight excluding hydrogens is 270 g/mol. The Hall–Kier alpha value is -1.05. The minimum absolute atomic E-state index is 0.0718. The van der Waals surface area contributed by atoms with Gasteiger partial charge in [0.15, 0.2) is 0 Å². The molecule has 1 heterocycles. The van der Waals surface area contributed by atoms with Crippen molar-refractivity contribution in [1.29, 1.82) is 0 Å². The fraction of sp³-hybridized carbons (Fsp3) is 0.455. The van der Waals surface area contributed by atoms with Crippen LogP contribution in [0.25, 0.3) is 0 Å². The van der Waals surface area contributed by atoms with Crippen molar-refractivity contribution in [3.05, 3.63) is 21.9 Å². The molecule has 0 spiro atoms. The van der Waals surface area contributed by atoms with Crippen LogP contribution in [0.5, 0.6) is 0 Å².